The van der Waals surface area contributed by atoms with Gasteiger partial charge >= 0.3 is 6.03 Å². The molecular formula is C28H26FN5O. The van der Waals surface area contributed by atoms with E-state index in [0.717, 1.165) is 33.6 Å². The van der Waals surface area contributed by atoms with Gasteiger partial charge in [-0.05, 0) is 54.8 Å². The molecule has 0 saturated carbocycles. The lowest BCUT2D eigenvalue weighted by atomic mass is 9.96. The summed E-state index contributed by atoms with van der Waals surface area (Å²) in [6, 6.07) is 16.4. The number of hydrogen-bond acceptors (Lipinski definition) is 4. The zero-order chi connectivity index (χ0) is 24.4. The average molecular weight is 468 g/mol. The molecule has 1 N–H and O–H groups in total. The number of urea groups is 1. The summed E-state index contributed by atoms with van der Waals surface area (Å²) in [6.45, 7) is 4.86. The molecule has 4 aromatic rings. The van der Waals surface area contributed by atoms with Gasteiger partial charge in [0.2, 0.25) is 0 Å². The second-order valence-corrected chi connectivity index (χ2v) is 8.64. The Bertz CT molecular complexity index is 1390. The van der Waals surface area contributed by atoms with Crippen LogP contribution in [0.4, 0.5) is 14.9 Å². The summed E-state index contributed by atoms with van der Waals surface area (Å²) in [5.41, 5.74) is 6.85. The Morgan fingerprint density at radius 1 is 1.11 bits per heavy atom. The first-order valence-electron chi connectivity index (χ1n) is 11.7. The second kappa shape index (κ2) is 9.62. The summed E-state index contributed by atoms with van der Waals surface area (Å²) in [4.78, 5) is 28.9. The van der Waals surface area contributed by atoms with Crippen molar-refractivity contribution in [2.75, 3.05) is 11.9 Å². The minimum Gasteiger partial charge on any atom is -0.320 e. The van der Waals surface area contributed by atoms with E-state index in [9.17, 15) is 9.18 Å². The Hall–Kier alpha value is -4.13. The summed E-state index contributed by atoms with van der Waals surface area (Å²) < 4.78 is 13.9. The predicted molar refractivity (Wildman–Crippen MR) is 134 cm³/mol. The van der Waals surface area contributed by atoms with E-state index in [4.69, 9.17) is 9.97 Å². The van der Waals surface area contributed by atoms with Crippen molar-refractivity contribution in [2.45, 2.75) is 33.2 Å². The maximum atomic E-state index is 13.9. The molecule has 1 aliphatic rings. The molecule has 0 aliphatic carbocycles. The van der Waals surface area contributed by atoms with Crippen LogP contribution in [0.3, 0.4) is 0 Å². The lowest BCUT2D eigenvalue weighted by molar-refractivity contribution is 0.206. The molecule has 0 saturated heterocycles. The topological polar surface area (TPSA) is 71.0 Å². The third-order valence-corrected chi connectivity index (χ3v) is 6.35. The van der Waals surface area contributed by atoms with E-state index in [-0.39, 0.29) is 11.8 Å². The number of aryl methyl sites for hydroxylation is 2. The molecule has 2 aromatic heterocycles. The molecule has 6 nitrogen and oxygen atoms in total. The van der Waals surface area contributed by atoms with E-state index < -0.39 is 0 Å². The van der Waals surface area contributed by atoms with Gasteiger partial charge in [-0.3, -0.25) is 4.98 Å². The fraction of sp³-hybridized carbons (Fsp3) is 0.214. The van der Waals surface area contributed by atoms with E-state index in [2.05, 4.69) is 29.4 Å². The molecule has 0 fully saturated rings. The Balaban J connectivity index is 1.50. The quantitative estimate of drug-likeness (QED) is 0.411. The molecule has 2 amide bonds. The Morgan fingerprint density at radius 2 is 1.97 bits per heavy atom. The first-order chi connectivity index (χ1) is 17.0. The zero-order valence-corrected chi connectivity index (χ0v) is 19.8. The van der Waals surface area contributed by atoms with Crippen LogP contribution >= 0.6 is 0 Å². The lowest BCUT2D eigenvalue weighted by Gasteiger charge is -2.30. The summed E-state index contributed by atoms with van der Waals surface area (Å²) in [6.07, 6.45) is 4.66. The molecule has 0 spiro atoms. The van der Waals surface area contributed by atoms with Gasteiger partial charge in [0.1, 0.15) is 5.82 Å². The van der Waals surface area contributed by atoms with Crippen molar-refractivity contribution in [1.82, 2.24) is 19.9 Å². The number of hydrogen-bond donors (Lipinski definition) is 1. The molecular weight excluding hydrogens is 441 g/mol. The summed E-state index contributed by atoms with van der Waals surface area (Å²) >= 11 is 0. The van der Waals surface area contributed by atoms with Crippen LogP contribution in [0.1, 0.15) is 29.3 Å². The van der Waals surface area contributed by atoms with E-state index in [1.165, 1.54) is 6.07 Å². The number of nitrogens with one attached hydrogen (secondary N) is 1. The fourth-order valence-electron chi connectivity index (χ4n) is 4.40. The van der Waals surface area contributed by atoms with Crippen LogP contribution in [0.2, 0.25) is 0 Å². The van der Waals surface area contributed by atoms with Crippen molar-refractivity contribution in [1.29, 1.82) is 0 Å². The fourth-order valence-corrected chi connectivity index (χ4v) is 4.40. The zero-order valence-electron chi connectivity index (χ0n) is 19.8. The van der Waals surface area contributed by atoms with Gasteiger partial charge in [0.25, 0.3) is 0 Å². The smallest absolute Gasteiger partial charge is 0.320 e. The van der Waals surface area contributed by atoms with Crippen molar-refractivity contribution < 1.29 is 9.18 Å². The van der Waals surface area contributed by atoms with Crippen LogP contribution < -0.4 is 5.32 Å². The van der Waals surface area contributed by atoms with E-state index >= 15 is 0 Å². The van der Waals surface area contributed by atoms with Gasteiger partial charge in [-0.25, -0.2) is 19.2 Å². The highest BCUT2D eigenvalue weighted by atomic mass is 19.1. The van der Waals surface area contributed by atoms with Crippen molar-refractivity contribution in [3.8, 4) is 22.6 Å². The van der Waals surface area contributed by atoms with Crippen LogP contribution in [-0.2, 0) is 19.4 Å². The molecule has 176 valence electrons. The van der Waals surface area contributed by atoms with Crippen LogP contribution in [0, 0.1) is 12.7 Å². The number of benzene rings is 2. The number of carbonyl (C=O) groups is 1. The maximum absolute atomic E-state index is 13.9. The van der Waals surface area contributed by atoms with Gasteiger partial charge in [0, 0.05) is 47.7 Å². The van der Waals surface area contributed by atoms with E-state index in [1.807, 2.05) is 31.2 Å². The number of amides is 2. The van der Waals surface area contributed by atoms with Crippen molar-refractivity contribution >= 4 is 11.7 Å². The summed E-state index contributed by atoms with van der Waals surface area (Å²) in [7, 11) is 0. The molecule has 5 rings (SSSR count). The first-order valence-corrected chi connectivity index (χ1v) is 11.7. The number of rotatable bonds is 4. The molecule has 0 unspecified atom stereocenters. The highest BCUT2D eigenvalue weighted by molar-refractivity contribution is 5.89. The molecule has 3 heterocycles. The number of fused-ring (bicyclic) bond motifs is 1. The molecule has 1 aliphatic heterocycles. The highest BCUT2D eigenvalue weighted by Gasteiger charge is 2.27. The van der Waals surface area contributed by atoms with Crippen LogP contribution in [0.5, 0.6) is 0 Å². The van der Waals surface area contributed by atoms with E-state index in [0.29, 0.717) is 43.0 Å². The largest absolute Gasteiger partial charge is 0.322 e. The first kappa shape index (κ1) is 22.7. The monoisotopic (exact) mass is 467 g/mol. The number of halogens is 1. The molecule has 2 aromatic carbocycles. The van der Waals surface area contributed by atoms with Crippen molar-refractivity contribution in [2.24, 2.45) is 0 Å². The summed E-state index contributed by atoms with van der Waals surface area (Å²) in [5, 5.41) is 2.92. The second-order valence-electron chi connectivity index (χ2n) is 8.64. The normalized spacial score (nSPS) is 12.8. The molecule has 0 atom stereocenters. The van der Waals surface area contributed by atoms with Crippen LogP contribution in [-0.4, -0.2) is 32.4 Å². The molecule has 0 bridgehead atoms. The van der Waals surface area contributed by atoms with Crippen molar-refractivity contribution in [3.05, 3.63) is 95.2 Å². The third-order valence-electron chi connectivity index (χ3n) is 6.35. The number of carbonyl (C=O) groups excluding carboxylic acids is 1. The Labute approximate surface area is 203 Å². The third kappa shape index (κ3) is 4.62. The highest BCUT2D eigenvalue weighted by Crippen LogP contribution is 2.32. The SMILES string of the molecule is CCc1cc(NC(=O)N2CCc3nc(-c4cccnc4)nc(-c4ccccc4C)c3C2)ccc1F. The average Bonchev–Trinajstić information content (AvgIpc) is 2.89. The molecule has 7 heteroatoms. The molecule has 0 radical (unpaired) electrons. The van der Waals surface area contributed by atoms with E-state index in [1.54, 1.807) is 29.4 Å². The van der Waals surface area contributed by atoms with Crippen LogP contribution in [0.25, 0.3) is 22.6 Å². The number of pyridine rings is 1. The van der Waals surface area contributed by atoms with Gasteiger partial charge in [-0.15, -0.1) is 0 Å². The number of nitrogens with zero attached hydrogens (tertiary/aromatic N) is 4. The summed E-state index contributed by atoms with van der Waals surface area (Å²) in [5.74, 6) is 0.369. The minimum atomic E-state index is -0.262. The standard InChI is InChI=1S/C28H26FN5O/c1-3-19-15-21(10-11-24(19)29)31-28(35)34-14-12-25-23(17-34)26(22-9-5-4-7-18(22)2)33-27(32-25)20-8-6-13-30-16-20/h4-11,13,15-16H,3,12,14,17H2,1-2H3,(H,31,35). The van der Waals surface area contributed by atoms with Gasteiger partial charge in [0.05, 0.1) is 17.9 Å². The van der Waals surface area contributed by atoms with Gasteiger partial charge in [0.15, 0.2) is 5.82 Å². The Morgan fingerprint density at radius 3 is 2.74 bits per heavy atom. The minimum absolute atomic E-state index is 0.226. The Kier molecular flexibility index (Phi) is 6.23. The lowest BCUT2D eigenvalue weighted by Crippen LogP contribution is -2.39. The number of aromatic nitrogens is 3. The van der Waals surface area contributed by atoms with Gasteiger partial charge < -0.3 is 10.2 Å². The van der Waals surface area contributed by atoms with Crippen LogP contribution in [0.15, 0.2) is 67.0 Å². The molecule has 35 heavy (non-hydrogen) atoms. The number of anilines is 1. The maximum Gasteiger partial charge on any atom is 0.322 e. The predicted octanol–water partition coefficient (Wildman–Crippen LogP) is 5.81. The van der Waals surface area contributed by atoms with Crippen molar-refractivity contribution in [3.63, 3.8) is 0 Å². The van der Waals surface area contributed by atoms with Gasteiger partial charge in [-0.2, -0.15) is 0 Å². The van der Waals surface area contributed by atoms with Gasteiger partial charge in [-0.1, -0.05) is 31.2 Å².